The molecule has 2 rings (SSSR count). The number of hydrogen-bond donors (Lipinski definition) is 1. The van der Waals surface area contributed by atoms with Gasteiger partial charge in [0, 0.05) is 12.2 Å². The maximum Gasteiger partial charge on any atom is 0.260 e. The lowest BCUT2D eigenvalue weighted by molar-refractivity contribution is 0.426. The number of aryl methyl sites for hydroxylation is 1. The van der Waals surface area contributed by atoms with Crippen molar-refractivity contribution in [2.24, 2.45) is 0 Å². The van der Waals surface area contributed by atoms with E-state index < -0.39 is 0 Å². The number of benzene rings is 1. The highest BCUT2D eigenvalue weighted by atomic mass is 16.5. The van der Waals surface area contributed by atoms with E-state index in [0.717, 1.165) is 24.2 Å². The SMILES string of the molecule is CCCNc1ccccc1-c1nc(C)no1. The van der Waals surface area contributed by atoms with Gasteiger partial charge in [0.1, 0.15) is 0 Å². The minimum atomic E-state index is 0.566. The zero-order valence-electron chi connectivity index (χ0n) is 9.53. The molecule has 0 bridgehead atoms. The minimum absolute atomic E-state index is 0.566. The molecule has 1 N–H and O–H groups in total. The average molecular weight is 217 g/mol. The van der Waals surface area contributed by atoms with E-state index in [2.05, 4.69) is 22.4 Å². The van der Waals surface area contributed by atoms with Crippen LogP contribution in [0.5, 0.6) is 0 Å². The fourth-order valence-corrected chi connectivity index (χ4v) is 1.49. The molecule has 1 aromatic carbocycles. The Labute approximate surface area is 94.7 Å². The highest BCUT2D eigenvalue weighted by Crippen LogP contribution is 2.26. The number of nitrogens with zero attached hydrogens (tertiary/aromatic N) is 2. The van der Waals surface area contributed by atoms with Crippen LogP contribution in [0, 0.1) is 6.92 Å². The van der Waals surface area contributed by atoms with E-state index in [9.17, 15) is 0 Å². The topological polar surface area (TPSA) is 51.0 Å². The summed E-state index contributed by atoms with van der Waals surface area (Å²) < 4.78 is 5.17. The van der Waals surface area contributed by atoms with Gasteiger partial charge in [-0.15, -0.1) is 0 Å². The highest BCUT2D eigenvalue weighted by molar-refractivity contribution is 5.72. The van der Waals surface area contributed by atoms with Gasteiger partial charge in [0.05, 0.1) is 5.56 Å². The molecule has 0 unspecified atom stereocenters. The van der Waals surface area contributed by atoms with Crippen molar-refractivity contribution in [3.63, 3.8) is 0 Å². The van der Waals surface area contributed by atoms with Crippen molar-refractivity contribution < 1.29 is 4.52 Å². The molecule has 0 aliphatic heterocycles. The number of anilines is 1. The van der Waals surface area contributed by atoms with Gasteiger partial charge in [-0.2, -0.15) is 4.98 Å². The second-order valence-electron chi connectivity index (χ2n) is 3.62. The van der Waals surface area contributed by atoms with Crippen LogP contribution < -0.4 is 5.32 Å². The Balaban J connectivity index is 2.32. The molecular weight excluding hydrogens is 202 g/mol. The van der Waals surface area contributed by atoms with E-state index in [1.54, 1.807) is 0 Å². The molecule has 0 spiro atoms. The summed E-state index contributed by atoms with van der Waals surface area (Å²) in [6.45, 7) is 4.88. The minimum Gasteiger partial charge on any atom is -0.384 e. The Kier molecular flexibility index (Phi) is 3.19. The first-order chi connectivity index (χ1) is 7.81. The van der Waals surface area contributed by atoms with Crippen molar-refractivity contribution in [2.45, 2.75) is 20.3 Å². The molecule has 0 saturated carbocycles. The summed E-state index contributed by atoms with van der Waals surface area (Å²) in [7, 11) is 0. The number of aromatic nitrogens is 2. The molecule has 1 aromatic heterocycles. The molecule has 0 atom stereocenters. The molecule has 0 amide bonds. The average Bonchev–Trinajstić information content (AvgIpc) is 2.73. The third-order valence-corrected chi connectivity index (χ3v) is 2.25. The molecule has 4 nitrogen and oxygen atoms in total. The second kappa shape index (κ2) is 4.79. The third-order valence-electron chi connectivity index (χ3n) is 2.25. The van der Waals surface area contributed by atoms with Crippen molar-refractivity contribution in [2.75, 3.05) is 11.9 Å². The van der Waals surface area contributed by atoms with Crippen LogP contribution in [0.25, 0.3) is 11.5 Å². The van der Waals surface area contributed by atoms with Crippen molar-refractivity contribution in [3.05, 3.63) is 30.1 Å². The summed E-state index contributed by atoms with van der Waals surface area (Å²) in [6, 6.07) is 7.95. The first kappa shape index (κ1) is 10.7. The molecule has 84 valence electrons. The number of nitrogens with one attached hydrogen (secondary N) is 1. The summed E-state index contributed by atoms with van der Waals surface area (Å²) in [5.41, 5.74) is 1.99. The standard InChI is InChI=1S/C12H15N3O/c1-3-8-13-11-7-5-4-6-10(11)12-14-9(2)15-16-12/h4-7,13H,3,8H2,1-2H3. The van der Waals surface area contributed by atoms with Crippen LogP contribution in [0.4, 0.5) is 5.69 Å². The Hall–Kier alpha value is -1.84. The molecule has 0 aliphatic rings. The van der Waals surface area contributed by atoms with Gasteiger partial charge in [0.2, 0.25) is 0 Å². The summed E-state index contributed by atoms with van der Waals surface area (Å²) in [5, 5.41) is 7.14. The van der Waals surface area contributed by atoms with Crippen molar-refractivity contribution in [3.8, 4) is 11.5 Å². The Morgan fingerprint density at radius 3 is 2.81 bits per heavy atom. The lowest BCUT2D eigenvalue weighted by Crippen LogP contribution is -2.01. The first-order valence-corrected chi connectivity index (χ1v) is 5.45. The van der Waals surface area contributed by atoms with E-state index in [4.69, 9.17) is 4.52 Å². The molecule has 16 heavy (non-hydrogen) atoms. The molecule has 0 fully saturated rings. The van der Waals surface area contributed by atoms with Crippen molar-refractivity contribution in [1.29, 1.82) is 0 Å². The first-order valence-electron chi connectivity index (χ1n) is 5.45. The maximum atomic E-state index is 5.17. The van der Waals surface area contributed by atoms with Gasteiger partial charge in [-0.3, -0.25) is 0 Å². The number of rotatable bonds is 4. The Morgan fingerprint density at radius 1 is 1.31 bits per heavy atom. The largest absolute Gasteiger partial charge is 0.384 e. The van der Waals surface area contributed by atoms with E-state index in [0.29, 0.717) is 11.7 Å². The van der Waals surface area contributed by atoms with Crippen LogP contribution >= 0.6 is 0 Å². The van der Waals surface area contributed by atoms with Gasteiger partial charge in [0.25, 0.3) is 5.89 Å². The van der Waals surface area contributed by atoms with Crippen LogP contribution in [0.2, 0.25) is 0 Å². The van der Waals surface area contributed by atoms with Gasteiger partial charge < -0.3 is 9.84 Å². The zero-order chi connectivity index (χ0) is 11.4. The van der Waals surface area contributed by atoms with Gasteiger partial charge in [-0.1, -0.05) is 24.2 Å². The molecule has 2 aromatic rings. The smallest absolute Gasteiger partial charge is 0.260 e. The van der Waals surface area contributed by atoms with Crippen molar-refractivity contribution in [1.82, 2.24) is 10.1 Å². The molecule has 4 heteroatoms. The predicted octanol–water partition coefficient (Wildman–Crippen LogP) is 2.87. The van der Waals surface area contributed by atoms with Crippen LogP contribution in [-0.2, 0) is 0 Å². The fraction of sp³-hybridized carbons (Fsp3) is 0.333. The Bertz CT molecular complexity index is 465. The van der Waals surface area contributed by atoms with E-state index in [-0.39, 0.29) is 0 Å². The molecule has 0 aliphatic carbocycles. The molecule has 0 radical (unpaired) electrons. The van der Waals surface area contributed by atoms with Gasteiger partial charge >= 0.3 is 0 Å². The van der Waals surface area contributed by atoms with Crippen LogP contribution in [0.3, 0.4) is 0 Å². The van der Waals surface area contributed by atoms with Crippen LogP contribution in [-0.4, -0.2) is 16.7 Å². The third kappa shape index (κ3) is 2.21. The molecule has 0 saturated heterocycles. The van der Waals surface area contributed by atoms with Crippen LogP contribution in [0.15, 0.2) is 28.8 Å². The summed E-state index contributed by atoms with van der Waals surface area (Å²) >= 11 is 0. The normalized spacial score (nSPS) is 10.4. The summed E-state index contributed by atoms with van der Waals surface area (Å²) in [4.78, 5) is 4.23. The van der Waals surface area contributed by atoms with E-state index in [1.807, 2.05) is 31.2 Å². The number of hydrogen-bond acceptors (Lipinski definition) is 4. The van der Waals surface area contributed by atoms with Gasteiger partial charge in [-0.05, 0) is 25.5 Å². The van der Waals surface area contributed by atoms with Crippen molar-refractivity contribution >= 4 is 5.69 Å². The van der Waals surface area contributed by atoms with Gasteiger partial charge in [0.15, 0.2) is 5.82 Å². The maximum absolute atomic E-state index is 5.17. The summed E-state index contributed by atoms with van der Waals surface area (Å²) in [5.74, 6) is 1.22. The summed E-state index contributed by atoms with van der Waals surface area (Å²) in [6.07, 6.45) is 1.08. The zero-order valence-corrected chi connectivity index (χ0v) is 9.53. The fourth-order valence-electron chi connectivity index (χ4n) is 1.49. The van der Waals surface area contributed by atoms with Gasteiger partial charge in [-0.25, -0.2) is 0 Å². The number of para-hydroxylation sites is 1. The lowest BCUT2D eigenvalue weighted by Gasteiger charge is -2.07. The highest BCUT2D eigenvalue weighted by Gasteiger charge is 2.10. The van der Waals surface area contributed by atoms with Crippen LogP contribution in [0.1, 0.15) is 19.2 Å². The quantitative estimate of drug-likeness (QED) is 0.855. The van der Waals surface area contributed by atoms with E-state index >= 15 is 0 Å². The van der Waals surface area contributed by atoms with E-state index in [1.165, 1.54) is 0 Å². The second-order valence-corrected chi connectivity index (χ2v) is 3.62. The molecular formula is C12H15N3O. The molecule has 1 heterocycles. The monoisotopic (exact) mass is 217 g/mol. The lowest BCUT2D eigenvalue weighted by atomic mass is 10.1. The Morgan fingerprint density at radius 2 is 2.12 bits per heavy atom. The predicted molar refractivity (Wildman–Crippen MR) is 63.3 cm³/mol.